The molecule has 2 aromatic rings. The standard InChI is InChI=1S/C26H29ClN2O2/c1-17(2)18-3-5-19(6-4-18)25(30)29-21-14-26(15-21)11-9-22(10-12-26)31-23-8-7-20(16-28)24(27)13-23/h3-8,13,17,21-22H,9-12,14-15H2,1-2H3,(H,29,30). The summed E-state index contributed by atoms with van der Waals surface area (Å²) in [6.45, 7) is 4.31. The van der Waals surface area contributed by atoms with E-state index in [1.165, 1.54) is 5.56 Å². The van der Waals surface area contributed by atoms with Crippen molar-refractivity contribution >= 4 is 17.5 Å². The van der Waals surface area contributed by atoms with Gasteiger partial charge in [0.05, 0.1) is 16.7 Å². The molecule has 1 spiro atoms. The van der Waals surface area contributed by atoms with Gasteiger partial charge in [-0.1, -0.05) is 37.6 Å². The second kappa shape index (κ2) is 8.93. The van der Waals surface area contributed by atoms with Gasteiger partial charge in [-0.3, -0.25) is 4.79 Å². The van der Waals surface area contributed by atoms with E-state index in [1.807, 2.05) is 30.3 Å². The van der Waals surface area contributed by atoms with Gasteiger partial charge in [0.15, 0.2) is 0 Å². The quantitative estimate of drug-likeness (QED) is 0.603. The van der Waals surface area contributed by atoms with E-state index in [1.54, 1.807) is 12.1 Å². The van der Waals surface area contributed by atoms with Gasteiger partial charge in [0.25, 0.3) is 5.91 Å². The molecule has 0 bridgehead atoms. The first kappa shape index (κ1) is 21.7. The van der Waals surface area contributed by atoms with E-state index in [0.717, 1.165) is 49.8 Å². The van der Waals surface area contributed by atoms with Gasteiger partial charge >= 0.3 is 0 Å². The summed E-state index contributed by atoms with van der Waals surface area (Å²) in [4.78, 5) is 12.6. The van der Waals surface area contributed by atoms with Gasteiger partial charge in [-0.15, -0.1) is 0 Å². The van der Waals surface area contributed by atoms with Crippen molar-refractivity contribution < 1.29 is 9.53 Å². The maximum atomic E-state index is 12.6. The van der Waals surface area contributed by atoms with Gasteiger partial charge in [-0.05, 0) is 79.7 Å². The molecule has 1 N–H and O–H groups in total. The third kappa shape index (κ3) is 4.88. The Labute approximate surface area is 189 Å². The van der Waals surface area contributed by atoms with Crippen LogP contribution in [0.5, 0.6) is 5.75 Å². The monoisotopic (exact) mass is 436 g/mol. The summed E-state index contributed by atoms with van der Waals surface area (Å²) in [6, 6.07) is 15.5. The van der Waals surface area contributed by atoms with E-state index in [2.05, 4.69) is 25.2 Å². The summed E-state index contributed by atoms with van der Waals surface area (Å²) in [5.74, 6) is 1.23. The van der Waals surface area contributed by atoms with Gasteiger partial charge in [0, 0.05) is 17.7 Å². The normalized spacial score (nSPS) is 25.0. The van der Waals surface area contributed by atoms with E-state index in [0.29, 0.717) is 21.9 Å². The molecule has 4 rings (SSSR count). The van der Waals surface area contributed by atoms with E-state index < -0.39 is 0 Å². The molecule has 2 aliphatic carbocycles. The SMILES string of the molecule is CC(C)c1ccc(C(=O)NC2CC3(CCC(Oc4ccc(C#N)c(Cl)c4)CC3)C2)cc1. The number of carbonyl (C=O) groups is 1. The highest BCUT2D eigenvalue weighted by Crippen LogP contribution is 2.52. The first-order valence-electron chi connectivity index (χ1n) is 11.1. The predicted octanol–water partition coefficient (Wildman–Crippen LogP) is 6.24. The van der Waals surface area contributed by atoms with Gasteiger partial charge < -0.3 is 10.1 Å². The maximum absolute atomic E-state index is 12.6. The van der Waals surface area contributed by atoms with Crippen LogP contribution in [0.3, 0.4) is 0 Å². The van der Waals surface area contributed by atoms with Crippen molar-refractivity contribution in [2.45, 2.75) is 70.4 Å². The van der Waals surface area contributed by atoms with Gasteiger partial charge in [-0.2, -0.15) is 5.26 Å². The smallest absolute Gasteiger partial charge is 0.251 e. The second-order valence-electron chi connectivity index (χ2n) is 9.43. The molecule has 1 amide bonds. The van der Waals surface area contributed by atoms with Crippen molar-refractivity contribution in [3.8, 4) is 11.8 Å². The van der Waals surface area contributed by atoms with Gasteiger partial charge in [0.2, 0.25) is 0 Å². The Bertz CT molecular complexity index is 977. The fourth-order valence-corrected chi connectivity index (χ4v) is 5.17. The molecule has 2 saturated carbocycles. The molecular formula is C26H29ClN2O2. The largest absolute Gasteiger partial charge is 0.490 e. The van der Waals surface area contributed by atoms with Crippen molar-refractivity contribution in [2.75, 3.05) is 0 Å². The van der Waals surface area contributed by atoms with Crippen molar-refractivity contribution in [1.82, 2.24) is 5.32 Å². The maximum Gasteiger partial charge on any atom is 0.251 e. The zero-order valence-corrected chi connectivity index (χ0v) is 18.9. The number of benzene rings is 2. The third-order valence-corrected chi connectivity index (χ3v) is 7.20. The number of hydrogen-bond acceptors (Lipinski definition) is 3. The highest BCUT2D eigenvalue weighted by molar-refractivity contribution is 6.31. The average Bonchev–Trinajstić information content (AvgIpc) is 2.74. The van der Waals surface area contributed by atoms with Gasteiger partial charge in [-0.25, -0.2) is 0 Å². The average molecular weight is 437 g/mol. The number of ether oxygens (including phenoxy) is 1. The van der Waals surface area contributed by atoms with Crippen molar-refractivity contribution in [2.24, 2.45) is 5.41 Å². The summed E-state index contributed by atoms with van der Waals surface area (Å²) in [7, 11) is 0. The lowest BCUT2D eigenvalue weighted by molar-refractivity contribution is 0.000348. The molecule has 0 aromatic heterocycles. The molecule has 0 saturated heterocycles. The lowest BCUT2D eigenvalue weighted by atomic mass is 9.58. The topological polar surface area (TPSA) is 62.1 Å². The van der Waals surface area contributed by atoms with Crippen LogP contribution >= 0.6 is 11.6 Å². The lowest BCUT2D eigenvalue weighted by Gasteiger charge is -2.51. The van der Waals surface area contributed by atoms with Gasteiger partial charge in [0.1, 0.15) is 11.8 Å². The molecule has 162 valence electrons. The zero-order valence-electron chi connectivity index (χ0n) is 18.2. The highest BCUT2D eigenvalue weighted by atomic mass is 35.5. The first-order valence-corrected chi connectivity index (χ1v) is 11.5. The number of nitrogens with zero attached hydrogens (tertiary/aromatic N) is 1. The van der Waals surface area contributed by atoms with Crippen LogP contribution in [0.15, 0.2) is 42.5 Å². The molecule has 5 heteroatoms. The number of amides is 1. The Balaban J connectivity index is 1.23. The highest BCUT2D eigenvalue weighted by Gasteiger charge is 2.46. The number of rotatable bonds is 5. The Morgan fingerprint density at radius 3 is 2.42 bits per heavy atom. The summed E-state index contributed by atoms with van der Waals surface area (Å²) in [5, 5.41) is 12.6. The van der Waals surface area contributed by atoms with E-state index >= 15 is 0 Å². The summed E-state index contributed by atoms with van der Waals surface area (Å²) in [6.07, 6.45) is 6.55. The Hall–Kier alpha value is -2.51. The number of hydrogen-bond donors (Lipinski definition) is 1. The van der Waals surface area contributed by atoms with Crippen LogP contribution in [-0.2, 0) is 0 Å². The van der Waals surface area contributed by atoms with Crippen molar-refractivity contribution in [1.29, 1.82) is 5.26 Å². The Morgan fingerprint density at radius 2 is 1.84 bits per heavy atom. The fraction of sp³-hybridized carbons (Fsp3) is 0.462. The molecule has 31 heavy (non-hydrogen) atoms. The van der Waals surface area contributed by atoms with Crippen LogP contribution < -0.4 is 10.1 Å². The minimum atomic E-state index is 0.0323. The predicted molar refractivity (Wildman–Crippen MR) is 123 cm³/mol. The van der Waals surface area contributed by atoms with Crippen LogP contribution in [0.25, 0.3) is 0 Å². The number of carbonyl (C=O) groups excluding carboxylic acids is 1. The number of nitriles is 1. The summed E-state index contributed by atoms with van der Waals surface area (Å²) in [5.41, 5.74) is 2.81. The molecular weight excluding hydrogens is 408 g/mol. The lowest BCUT2D eigenvalue weighted by Crippen LogP contribution is -2.52. The minimum Gasteiger partial charge on any atom is -0.490 e. The van der Waals surface area contributed by atoms with Crippen LogP contribution in [0.1, 0.15) is 79.8 Å². The van der Waals surface area contributed by atoms with Crippen molar-refractivity contribution in [3.05, 3.63) is 64.2 Å². The van der Waals surface area contributed by atoms with Crippen molar-refractivity contribution in [3.63, 3.8) is 0 Å². The summed E-state index contributed by atoms with van der Waals surface area (Å²) >= 11 is 6.11. The third-order valence-electron chi connectivity index (χ3n) is 6.89. The van der Waals surface area contributed by atoms with Crippen LogP contribution in [-0.4, -0.2) is 18.1 Å². The molecule has 2 fully saturated rings. The first-order chi connectivity index (χ1) is 14.9. The van der Waals surface area contributed by atoms with Crippen LogP contribution in [0, 0.1) is 16.7 Å². The fourth-order valence-electron chi connectivity index (χ4n) is 4.96. The number of halogens is 1. The zero-order chi connectivity index (χ0) is 22.0. The second-order valence-corrected chi connectivity index (χ2v) is 9.83. The molecule has 0 radical (unpaired) electrons. The minimum absolute atomic E-state index is 0.0323. The molecule has 0 aliphatic heterocycles. The molecule has 0 unspecified atom stereocenters. The molecule has 2 aliphatic rings. The van der Waals surface area contributed by atoms with E-state index in [-0.39, 0.29) is 18.1 Å². The Morgan fingerprint density at radius 1 is 1.16 bits per heavy atom. The molecule has 4 nitrogen and oxygen atoms in total. The number of nitrogens with one attached hydrogen (secondary N) is 1. The molecule has 0 atom stereocenters. The summed E-state index contributed by atoms with van der Waals surface area (Å²) < 4.78 is 6.11. The van der Waals surface area contributed by atoms with Crippen LogP contribution in [0.2, 0.25) is 5.02 Å². The molecule has 0 heterocycles. The van der Waals surface area contributed by atoms with E-state index in [9.17, 15) is 4.79 Å². The Kier molecular flexibility index (Phi) is 6.25. The van der Waals surface area contributed by atoms with Crippen LogP contribution in [0.4, 0.5) is 0 Å². The molecule has 2 aromatic carbocycles. The van der Waals surface area contributed by atoms with E-state index in [4.69, 9.17) is 21.6 Å².